The van der Waals surface area contributed by atoms with E-state index in [2.05, 4.69) is 36.3 Å². The Morgan fingerprint density at radius 2 is 2.06 bits per heavy atom. The quantitative estimate of drug-likeness (QED) is 0.429. The number of nitrogens with zero attached hydrogens (tertiary/aromatic N) is 3. The average Bonchev–Trinajstić information content (AvgIpc) is 3.51. The van der Waals surface area contributed by atoms with Crippen LogP contribution in [0.5, 0.6) is 0 Å². The van der Waals surface area contributed by atoms with Crippen molar-refractivity contribution in [2.75, 3.05) is 17.2 Å². The monoisotopic (exact) mass is 451 g/mol. The summed E-state index contributed by atoms with van der Waals surface area (Å²) in [6, 6.07) is 9.81. The minimum atomic E-state index is -0.730. The van der Waals surface area contributed by atoms with Crippen molar-refractivity contribution in [2.24, 2.45) is 10.7 Å². The highest BCUT2D eigenvalue weighted by atomic mass is 32.2. The number of aliphatic imine (C=N–C) groups is 1. The molecule has 1 aromatic carbocycles. The van der Waals surface area contributed by atoms with Gasteiger partial charge < -0.3 is 11.1 Å². The fourth-order valence-corrected chi connectivity index (χ4v) is 5.02. The molecule has 1 aliphatic carbocycles. The van der Waals surface area contributed by atoms with Gasteiger partial charge in [-0.3, -0.25) is 19.5 Å². The number of aryl methyl sites for hydroxylation is 1. The molecule has 1 aromatic heterocycles. The number of rotatable bonds is 6. The Bertz CT molecular complexity index is 1100. The zero-order chi connectivity index (χ0) is 22.1. The van der Waals surface area contributed by atoms with Gasteiger partial charge in [-0.25, -0.2) is 9.89 Å². The second kappa shape index (κ2) is 8.45. The van der Waals surface area contributed by atoms with Crippen molar-refractivity contribution < 1.29 is 9.69 Å². The van der Waals surface area contributed by atoms with E-state index in [-0.39, 0.29) is 5.91 Å². The molecule has 166 valence electrons. The molecule has 0 saturated heterocycles. The predicted octanol–water partition coefficient (Wildman–Crippen LogP) is 1.93. The van der Waals surface area contributed by atoms with Gasteiger partial charge in [0.1, 0.15) is 12.7 Å². The number of nitrogens with one attached hydrogen (secondary N) is 4. The number of aromatic nitrogens is 2. The number of amides is 1. The molecule has 3 aliphatic rings. The van der Waals surface area contributed by atoms with E-state index in [0.717, 1.165) is 64.3 Å². The first-order valence-electron chi connectivity index (χ1n) is 10.8. The molecule has 1 saturated carbocycles. The lowest BCUT2D eigenvalue weighted by Gasteiger charge is -2.27. The van der Waals surface area contributed by atoms with Gasteiger partial charge in [-0.1, -0.05) is 12.8 Å². The maximum atomic E-state index is 12.5. The Labute approximate surface area is 191 Å². The van der Waals surface area contributed by atoms with Gasteiger partial charge in [-0.15, -0.1) is 0 Å². The van der Waals surface area contributed by atoms with E-state index in [9.17, 15) is 4.79 Å². The Morgan fingerprint density at radius 1 is 1.28 bits per heavy atom. The summed E-state index contributed by atoms with van der Waals surface area (Å²) < 4.78 is 2.14. The first-order valence-corrected chi connectivity index (χ1v) is 11.5. The first kappa shape index (κ1) is 20.8. The van der Waals surface area contributed by atoms with Crippen LogP contribution in [-0.4, -0.2) is 38.3 Å². The predicted molar refractivity (Wildman–Crippen MR) is 126 cm³/mol. The number of benzene rings is 1. The van der Waals surface area contributed by atoms with Crippen LogP contribution in [0, 0.1) is 6.92 Å². The zero-order valence-electron chi connectivity index (χ0n) is 17.9. The number of carbonyl (C=O) groups is 1. The van der Waals surface area contributed by atoms with Crippen molar-refractivity contribution in [3.05, 3.63) is 60.4 Å². The number of H-pyrrole nitrogens is 1. The van der Waals surface area contributed by atoms with Crippen LogP contribution < -0.4 is 21.3 Å². The molecule has 6 N–H and O–H groups in total. The van der Waals surface area contributed by atoms with E-state index in [4.69, 9.17) is 5.73 Å². The van der Waals surface area contributed by atoms with E-state index < -0.39 is 5.54 Å². The van der Waals surface area contributed by atoms with Crippen molar-refractivity contribution >= 4 is 35.2 Å². The lowest BCUT2D eigenvalue weighted by Crippen LogP contribution is -3.10. The normalized spacial score (nSPS) is 21.2. The number of nitrogens with two attached hydrogens (primary N) is 1. The third-order valence-electron chi connectivity index (χ3n) is 5.90. The summed E-state index contributed by atoms with van der Waals surface area (Å²) in [5.41, 5.74) is 7.29. The van der Waals surface area contributed by atoms with E-state index in [0.29, 0.717) is 6.54 Å². The molecule has 32 heavy (non-hydrogen) atoms. The summed E-state index contributed by atoms with van der Waals surface area (Å²) >= 11 is 1.61. The number of carbonyl (C=O) groups excluding carboxylic acids is 1. The number of quaternary nitrogens is 1. The van der Waals surface area contributed by atoms with Crippen molar-refractivity contribution in [2.45, 2.75) is 43.0 Å². The topological polar surface area (TPSA) is 116 Å². The molecule has 2 aromatic rings. The zero-order valence-corrected chi connectivity index (χ0v) is 18.7. The van der Waals surface area contributed by atoms with Gasteiger partial charge in [-0.05, 0) is 56.0 Å². The molecule has 1 fully saturated rings. The number of hydrogen-bond donors (Lipinski definition) is 5. The molecular weight excluding hydrogens is 424 g/mol. The molecule has 3 heterocycles. The Balaban J connectivity index is 1.26. The van der Waals surface area contributed by atoms with Gasteiger partial charge in [0.15, 0.2) is 5.82 Å². The number of amidine groups is 1. The molecule has 0 bridgehead atoms. The van der Waals surface area contributed by atoms with Crippen molar-refractivity contribution in [3.8, 4) is 0 Å². The standard InChI is InChI=1S/C22H26N8OS/c1-15-12-18(28-27-15)26-20-14-29(13-19-24-10-11-30(19)20)32-17-6-4-16(5-7-17)25-21(31)22(23)8-2-3-9-22/h4-7,10-12,14H,2-3,8-9,13,23H2,1H3,(H,25,31)(H2,26,27,28)/p+1. The van der Waals surface area contributed by atoms with Crippen LogP contribution in [-0.2, 0) is 4.79 Å². The molecule has 10 heteroatoms. The third kappa shape index (κ3) is 4.29. The number of anilines is 2. The van der Waals surface area contributed by atoms with E-state index in [1.165, 1.54) is 0 Å². The maximum absolute atomic E-state index is 12.5. The molecule has 0 spiro atoms. The molecule has 0 radical (unpaired) electrons. The summed E-state index contributed by atoms with van der Waals surface area (Å²) in [6.07, 6.45) is 9.45. The fraction of sp³-hybridized carbons (Fsp3) is 0.318. The SMILES string of the molecule is Cc1cc(NC2=CN(Sc3ccc(NC(=O)C4(N)CCCC4)cc3)CC3=NC=C[NH+]23)n[nH]1. The van der Waals surface area contributed by atoms with E-state index >= 15 is 0 Å². The van der Waals surface area contributed by atoms with Gasteiger partial charge in [0.25, 0.3) is 0 Å². The van der Waals surface area contributed by atoms with Gasteiger partial charge >= 0.3 is 0 Å². The average molecular weight is 452 g/mol. The van der Waals surface area contributed by atoms with Gasteiger partial charge in [0, 0.05) is 22.3 Å². The highest BCUT2D eigenvalue weighted by Gasteiger charge is 2.37. The summed E-state index contributed by atoms with van der Waals surface area (Å²) in [4.78, 5) is 19.2. The summed E-state index contributed by atoms with van der Waals surface area (Å²) in [7, 11) is 0. The van der Waals surface area contributed by atoms with Crippen LogP contribution in [0.3, 0.4) is 0 Å². The molecule has 1 amide bonds. The minimum Gasteiger partial charge on any atom is -0.324 e. The molecule has 1 atom stereocenters. The van der Waals surface area contributed by atoms with Crippen LogP contribution >= 0.6 is 11.9 Å². The minimum absolute atomic E-state index is 0.0894. The summed E-state index contributed by atoms with van der Waals surface area (Å²) in [5, 5.41) is 13.6. The molecule has 9 nitrogen and oxygen atoms in total. The lowest BCUT2D eigenvalue weighted by molar-refractivity contribution is -0.699. The fourth-order valence-electron chi connectivity index (χ4n) is 4.15. The van der Waals surface area contributed by atoms with Crippen LogP contribution in [0.1, 0.15) is 31.4 Å². The number of hydrogen-bond acceptors (Lipinski definition) is 7. The van der Waals surface area contributed by atoms with E-state index in [1.54, 1.807) is 11.9 Å². The van der Waals surface area contributed by atoms with Crippen LogP contribution in [0.4, 0.5) is 11.5 Å². The Kier molecular flexibility index (Phi) is 5.50. The Hall–Kier alpha value is -3.08. The lowest BCUT2D eigenvalue weighted by atomic mass is 9.98. The van der Waals surface area contributed by atoms with Gasteiger partial charge in [-0.2, -0.15) is 5.10 Å². The molecule has 1 unspecified atom stereocenters. The highest BCUT2D eigenvalue weighted by molar-refractivity contribution is 7.97. The maximum Gasteiger partial charge on any atom is 0.244 e. The molecule has 2 aliphatic heterocycles. The van der Waals surface area contributed by atoms with Crippen LogP contribution in [0.15, 0.2) is 64.6 Å². The largest absolute Gasteiger partial charge is 0.324 e. The summed E-state index contributed by atoms with van der Waals surface area (Å²) in [5.74, 6) is 2.65. The van der Waals surface area contributed by atoms with Crippen molar-refractivity contribution in [3.63, 3.8) is 0 Å². The number of aromatic amines is 1. The highest BCUT2D eigenvalue weighted by Crippen LogP contribution is 2.30. The van der Waals surface area contributed by atoms with Crippen LogP contribution in [0.25, 0.3) is 0 Å². The second-order valence-electron chi connectivity index (χ2n) is 8.42. The Morgan fingerprint density at radius 3 is 2.78 bits per heavy atom. The molecular formula is C22H27N8OS+. The van der Waals surface area contributed by atoms with Gasteiger partial charge in [0.2, 0.25) is 17.6 Å². The third-order valence-corrected chi connectivity index (χ3v) is 6.85. The van der Waals surface area contributed by atoms with E-state index in [1.807, 2.05) is 49.7 Å². The van der Waals surface area contributed by atoms with Gasteiger partial charge in [0.05, 0.1) is 17.9 Å². The number of fused-ring (bicyclic) bond motifs is 1. The first-order chi connectivity index (χ1) is 15.5. The molecule has 5 rings (SSSR count). The van der Waals surface area contributed by atoms with Crippen molar-refractivity contribution in [1.29, 1.82) is 0 Å². The summed E-state index contributed by atoms with van der Waals surface area (Å²) in [6.45, 7) is 2.67. The van der Waals surface area contributed by atoms with Crippen LogP contribution in [0.2, 0.25) is 0 Å². The smallest absolute Gasteiger partial charge is 0.244 e. The second-order valence-corrected chi connectivity index (χ2v) is 9.54. The van der Waals surface area contributed by atoms with Crippen molar-refractivity contribution in [1.82, 2.24) is 14.5 Å².